The van der Waals surface area contributed by atoms with Gasteiger partial charge >= 0.3 is 5.97 Å². The lowest BCUT2D eigenvalue weighted by molar-refractivity contribution is -0.138. The lowest BCUT2D eigenvalue weighted by atomic mass is 9.97. The zero-order valence-electron chi connectivity index (χ0n) is 12.7. The first kappa shape index (κ1) is 16.4. The first-order chi connectivity index (χ1) is 10.7. The molecular formula is C17H20O4S. The third-order valence-corrected chi connectivity index (χ3v) is 4.33. The van der Waals surface area contributed by atoms with Gasteiger partial charge in [0.1, 0.15) is 11.5 Å². The Hall–Kier alpha value is -2.01. The van der Waals surface area contributed by atoms with Crippen molar-refractivity contribution in [1.29, 1.82) is 0 Å². The third-order valence-electron chi connectivity index (χ3n) is 3.34. The summed E-state index contributed by atoms with van der Waals surface area (Å²) in [7, 11) is 1.60. The third kappa shape index (κ3) is 4.01. The van der Waals surface area contributed by atoms with Crippen LogP contribution in [0.1, 0.15) is 29.7 Å². The van der Waals surface area contributed by atoms with E-state index in [1.807, 2.05) is 42.6 Å². The fraction of sp³-hybridized carbons (Fsp3) is 0.353. The summed E-state index contributed by atoms with van der Waals surface area (Å²) in [5.41, 5.74) is 0.884. The van der Waals surface area contributed by atoms with Crippen LogP contribution in [0.25, 0.3) is 0 Å². The Morgan fingerprint density at radius 2 is 2.18 bits per heavy atom. The van der Waals surface area contributed by atoms with Gasteiger partial charge in [-0.05, 0) is 35.9 Å². The fourth-order valence-electron chi connectivity index (χ4n) is 2.20. The molecule has 0 radical (unpaired) electrons. The molecule has 1 aromatic heterocycles. The largest absolute Gasteiger partial charge is 0.497 e. The van der Waals surface area contributed by atoms with Crippen molar-refractivity contribution in [3.63, 3.8) is 0 Å². The predicted octanol–water partition coefficient (Wildman–Crippen LogP) is 3.96. The molecule has 22 heavy (non-hydrogen) atoms. The average molecular weight is 320 g/mol. The van der Waals surface area contributed by atoms with Crippen molar-refractivity contribution in [2.45, 2.75) is 25.7 Å². The van der Waals surface area contributed by atoms with E-state index in [-0.39, 0.29) is 0 Å². The summed E-state index contributed by atoms with van der Waals surface area (Å²) in [4.78, 5) is 12.4. The molecule has 0 spiro atoms. The van der Waals surface area contributed by atoms with Crippen LogP contribution in [0.5, 0.6) is 11.5 Å². The molecule has 1 atom stereocenters. The number of carboxylic acids is 1. The van der Waals surface area contributed by atoms with E-state index in [0.29, 0.717) is 24.5 Å². The van der Waals surface area contributed by atoms with Gasteiger partial charge in [-0.3, -0.25) is 4.79 Å². The quantitative estimate of drug-likeness (QED) is 0.800. The number of carbonyl (C=O) groups is 1. The van der Waals surface area contributed by atoms with E-state index in [0.717, 1.165) is 16.9 Å². The molecule has 0 saturated heterocycles. The molecule has 0 fully saturated rings. The van der Waals surface area contributed by atoms with Gasteiger partial charge in [0.25, 0.3) is 0 Å². The lowest BCUT2D eigenvalue weighted by Gasteiger charge is -2.16. The first-order valence-electron chi connectivity index (χ1n) is 7.21. The van der Waals surface area contributed by atoms with Crippen molar-refractivity contribution in [1.82, 2.24) is 0 Å². The molecule has 5 heteroatoms. The van der Waals surface area contributed by atoms with Crippen LogP contribution < -0.4 is 9.47 Å². The van der Waals surface area contributed by atoms with E-state index in [9.17, 15) is 9.90 Å². The van der Waals surface area contributed by atoms with Crippen molar-refractivity contribution in [2.24, 2.45) is 0 Å². The maximum absolute atomic E-state index is 11.6. The maximum atomic E-state index is 11.6. The van der Waals surface area contributed by atoms with E-state index in [2.05, 4.69) is 0 Å². The second kappa shape index (κ2) is 7.84. The molecular weight excluding hydrogens is 300 g/mol. The fourth-order valence-corrected chi connectivity index (χ4v) is 3.02. The van der Waals surface area contributed by atoms with E-state index in [4.69, 9.17) is 9.47 Å². The second-order valence-electron chi connectivity index (χ2n) is 4.93. The Balaban J connectivity index is 2.27. The zero-order valence-corrected chi connectivity index (χ0v) is 13.6. The highest BCUT2D eigenvalue weighted by Gasteiger charge is 2.23. The Morgan fingerprint density at radius 1 is 1.36 bits per heavy atom. The lowest BCUT2D eigenvalue weighted by Crippen LogP contribution is -2.14. The van der Waals surface area contributed by atoms with E-state index < -0.39 is 11.9 Å². The Labute approximate surface area is 134 Å². The summed E-state index contributed by atoms with van der Waals surface area (Å²) >= 11 is 1.46. The Bertz CT molecular complexity index is 607. The number of hydrogen-bond donors (Lipinski definition) is 1. The summed E-state index contributed by atoms with van der Waals surface area (Å²) in [6.45, 7) is 2.63. The van der Waals surface area contributed by atoms with Gasteiger partial charge < -0.3 is 14.6 Å². The summed E-state index contributed by atoms with van der Waals surface area (Å²) < 4.78 is 11.0. The molecule has 0 aliphatic carbocycles. The van der Waals surface area contributed by atoms with Gasteiger partial charge in [-0.2, -0.15) is 0 Å². The van der Waals surface area contributed by atoms with Crippen LogP contribution in [0.4, 0.5) is 0 Å². The van der Waals surface area contributed by atoms with Crippen LogP contribution in [-0.4, -0.2) is 24.8 Å². The van der Waals surface area contributed by atoms with Gasteiger partial charge in [-0.25, -0.2) is 0 Å². The van der Waals surface area contributed by atoms with Crippen LogP contribution in [-0.2, 0) is 11.2 Å². The molecule has 1 N–H and O–H groups in total. The van der Waals surface area contributed by atoms with Gasteiger partial charge in [0.15, 0.2) is 0 Å². The molecule has 2 rings (SSSR count). The molecule has 0 bridgehead atoms. The van der Waals surface area contributed by atoms with Crippen LogP contribution in [0.3, 0.4) is 0 Å². The summed E-state index contributed by atoms with van der Waals surface area (Å²) in [5.74, 6) is 0.0268. The van der Waals surface area contributed by atoms with Gasteiger partial charge in [-0.15, -0.1) is 11.3 Å². The standard InChI is InChI=1S/C17H20O4S/c1-3-8-21-15-11-13(20-2)7-6-12(15)10-14(17(18)19)16-5-4-9-22-16/h4-7,9,11,14H,3,8,10H2,1-2H3,(H,18,19). The Morgan fingerprint density at radius 3 is 2.77 bits per heavy atom. The van der Waals surface area contributed by atoms with E-state index in [1.165, 1.54) is 11.3 Å². The van der Waals surface area contributed by atoms with Crippen LogP contribution in [0, 0.1) is 0 Å². The van der Waals surface area contributed by atoms with Crippen LogP contribution in [0.2, 0.25) is 0 Å². The highest BCUT2D eigenvalue weighted by molar-refractivity contribution is 7.10. The molecule has 0 amide bonds. The number of thiophene rings is 1. The molecule has 0 aliphatic rings. The van der Waals surface area contributed by atoms with Gasteiger partial charge in [0.05, 0.1) is 19.6 Å². The number of methoxy groups -OCH3 is 1. The zero-order chi connectivity index (χ0) is 15.9. The number of ether oxygens (including phenoxy) is 2. The number of benzene rings is 1. The van der Waals surface area contributed by atoms with Gasteiger partial charge in [0, 0.05) is 10.9 Å². The van der Waals surface area contributed by atoms with Crippen LogP contribution >= 0.6 is 11.3 Å². The molecule has 118 valence electrons. The van der Waals surface area contributed by atoms with Crippen molar-refractivity contribution in [2.75, 3.05) is 13.7 Å². The van der Waals surface area contributed by atoms with Crippen molar-refractivity contribution >= 4 is 17.3 Å². The Kier molecular flexibility index (Phi) is 5.83. The summed E-state index contributed by atoms with van der Waals surface area (Å²) in [6.07, 6.45) is 1.29. The topological polar surface area (TPSA) is 55.8 Å². The average Bonchev–Trinajstić information content (AvgIpc) is 3.04. The molecule has 2 aromatic rings. The second-order valence-corrected chi connectivity index (χ2v) is 5.91. The van der Waals surface area contributed by atoms with Gasteiger partial charge in [0.2, 0.25) is 0 Å². The normalized spacial score (nSPS) is 11.9. The molecule has 0 aliphatic heterocycles. The number of rotatable bonds is 8. The van der Waals surface area contributed by atoms with Crippen molar-refractivity contribution < 1.29 is 19.4 Å². The van der Waals surface area contributed by atoms with Crippen molar-refractivity contribution in [3.8, 4) is 11.5 Å². The maximum Gasteiger partial charge on any atom is 0.312 e. The van der Waals surface area contributed by atoms with Gasteiger partial charge in [-0.1, -0.05) is 19.1 Å². The smallest absolute Gasteiger partial charge is 0.312 e. The monoisotopic (exact) mass is 320 g/mol. The predicted molar refractivity (Wildman–Crippen MR) is 87.2 cm³/mol. The molecule has 4 nitrogen and oxygen atoms in total. The van der Waals surface area contributed by atoms with Crippen molar-refractivity contribution in [3.05, 3.63) is 46.2 Å². The van der Waals surface area contributed by atoms with E-state index in [1.54, 1.807) is 7.11 Å². The molecule has 0 saturated carbocycles. The molecule has 1 aromatic carbocycles. The number of carboxylic acid groups (broad SMARTS) is 1. The molecule has 1 unspecified atom stereocenters. The SMILES string of the molecule is CCCOc1cc(OC)ccc1CC(C(=O)O)c1cccs1. The summed E-state index contributed by atoms with van der Waals surface area (Å²) in [6, 6.07) is 9.27. The van der Waals surface area contributed by atoms with Crippen LogP contribution in [0.15, 0.2) is 35.7 Å². The number of aliphatic carboxylic acids is 1. The highest BCUT2D eigenvalue weighted by atomic mass is 32.1. The highest BCUT2D eigenvalue weighted by Crippen LogP contribution is 2.32. The molecule has 1 heterocycles. The minimum Gasteiger partial charge on any atom is -0.497 e. The van der Waals surface area contributed by atoms with E-state index >= 15 is 0 Å². The summed E-state index contributed by atoms with van der Waals surface area (Å²) in [5, 5.41) is 11.4. The minimum atomic E-state index is -0.820. The number of hydrogen-bond acceptors (Lipinski definition) is 4. The minimum absolute atomic E-state index is 0.402. The first-order valence-corrected chi connectivity index (χ1v) is 8.09.